The van der Waals surface area contributed by atoms with Crippen molar-refractivity contribution in [1.82, 2.24) is 0 Å². The Balaban J connectivity index is 2.00. The van der Waals surface area contributed by atoms with E-state index < -0.39 is 19.0 Å². The smallest absolute Gasteiger partial charge is 0.200 e. The fourth-order valence-electron chi connectivity index (χ4n) is 3.79. The van der Waals surface area contributed by atoms with Gasteiger partial charge in [0.25, 0.3) is 0 Å². The lowest BCUT2D eigenvalue weighted by Gasteiger charge is -2.25. The number of rotatable bonds is 14. The SMILES string of the molecule is COc1cc(CC(CCO)C(O)CC(O)CCc2cc(OC)c(O)c(OCO)c2)ccc1O. The zero-order valence-electron chi connectivity index (χ0n) is 19.0. The monoisotopic (exact) mass is 466 g/mol. The Labute approximate surface area is 193 Å². The van der Waals surface area contributed by atoms with Crippen molar-refractivity contribution in [2.75, 3.05) is 27.6 Å². The molecular weight excluding hydrogens is 432 g/mol. The average molecular weight is 467 g/mol. The van der Waals surface area contributed by atoms with Crippen LogP contribution in [0.5, 0.6) is 28.7 Å². The number of ether oxygens (including phenoxy) is 3. The maximum absolute atomic E-state index is 10.7. The largest absolute Gasteiger partial charge is 0.504 e. The lowest BCUT2D eigenvalue weighted by Crippen LogP contribution is -2.28. The van der Waals surface area contributed by atoms with Gasteiger partial charge in [-0.2, -0.15) is 0 Å². The highest BCUT2D eigenvalue weighted by molar-refractivity contribution is 5.52. The molecule has 0 aromatic heterocycles. The minimum atomic E-state index is -0.852. The molecular formula is C24H34O9. The first-order valence-electron chi connectivity index (χ1n) is 10.8. The van der Waals surface area contributed by atoms with Crippen molar-refractivity contribution >= 4 is 0 Å². The molecule has 0 bridgehead atoms. The number of methoxy groups -OCH3 is 2. The van der Waals surface area contributed by atoms with Crippen LogP contribution in [0.2, 0.25) is 0 Å². The van der Waals surface area contributed by atoms with Crippen molar-refractivity contribution in [2.45, 2.75) is 44.3 Å². The Morgan fingerprint density at radius 1 is 0.848 bits per heavy atom. The van der Waals surface area contributed by atoms with Crippen LogP contribution in [0.4, 0.5) is 0 Å². The molecule has 184 valence electrons. The maximum Gasteiger partial charge on any atom is 0.200 e. The summed E-state index contributed by atoms with van der Waals surface area (Å²) in [6, 6.07) is 8.12. The van der Waals surface area contributed by atoms with Gasteiger partial charge < -0.3 is 44.8 Å². The van der Waals surface area contributed by atoms with Gasteiger partial charge in [-0.3, -0.25) is 0 Å². The van der Waals surface area contributed by atoms with Crippen molar-refractivity contribution in [3.8, 4) is 28.7 Å². The summed E-state index contributed by atoms with van der Waals surface area (Å²) in [6.07, 6.45) is 0.0204. The van der Waals surface area contributed by atoms with Crippen LogP contribution >= 0.6 is 0 Å². The molecule has 6 N–H and O–H groups in total. The van der Waals surface area contributed by atoms with Crippen LogP contribution in [0, 0.1) is 5.92 Å². The number of aromatic hydroxyl groups is 2. The Bertz CT molecular complexity index is 871. The predicted octanol–water partition coefficient (Wildman–Crippen LogP) is 1.73. The molecule has 2 rings (SSSR count). The summed E-state index contributed by atoms with van der Waals surface area (Å²) in [5.41, 5.74) is 1.56. The highest BCUT2D eigenvalue weighted by Crippen LogP contribution is 2.38. The highest BCUT2D eigenvalue weighted by atomic mass is 16.6. The fraction of sp³-hybridized carbons (Fsp3) is 0.500. The Hall–Kier alpha value is -2.72. The van der Waals surface area contributed by atoms with Crippen LogP contribution in [0.15, 0.2) is 30.3 Å². The Morgan fingerprint density at radius 2 is 1.52 bits per heavy atom. The van der Waals surface area contributed by atoms with Gasteiger partial charge in [0.05, 0.1) is 26.4 Å². The van der Waals surface area contributed by atoms with Gasteiger partial charge in [-0.25, -0.2) is 0 Å². The first-order chi connectivity index (χ1) is 15.8. The van der Waals surface area contributed by atoms with Gasteiger partial charge in [-0.1, -0.05) is 6.07 Å². The van der Waals surface area contributed by atoms with Crippen molar-refractivity contribution in [3.63, 3.8) is 0 Å². The van der Waals surface area contributed by atoms with Crippen LogP contribution in [-0.2, 0) is 12.8 Å². The fourth-order valence-corrected chi connectivity index (χ4v) is 3.79. The Kier molecular flexibility index (Phi) is 10.5. The van der Waals surface area contributed by atoms with E-state index in [1.54, 1.807) is 24.3 Å². The van der Waals surface area contributed by atoms with E-state index in [1.165, 1.54) is 20.3 Å². The zero-order valence-corrected chi connectivity index (χ0v) is 19.0. The van der Waals surface area contributed by atoms with Crippen molar-refractivity contribution < 1.29 is 44.8 Å². The maximum atomic E-state index is 10.7. The third-order valence-corrected chi connectivity index (χ3v) is 5.61. The summed E-state index contributed by atoms with van der Waals surface area (Å²) in [4.78, 5) is 0. The molecule has 0 fully saturated rings. The average Bonchev–Trinajstić information content (AvgIpc) is 2.80. The molecule has 0 spiro atoms. The first-order valence-corrected chi connectivity index (χ1v) is 10.8. The number of aryl methyl sites for hydroxylation is 1. The predicted molar refractivity (Wildman–Crippen MR) is 121 cm³/mol. The summed E-state index contributed by atoms with van der Waals surface area (Å²) in [5.74, 6) is 0.112. The van der Waals surface area contributed by atoms with Crippen LogP contribution in [0.3, 0.4) is 0 Å². The molecule has 0 saturated carbocycles. The molecule has 9 heteroatoms. The number of aliphatic hydroxyl groups is 4. The van der Waals surface area contributed by atoms with Gasteiger partial charge in [0.1, 0.15) is 0 Å². The second-order valence-corrected chi connectivity index (χ2v) is 7.90. The second-order valence-electron chi connectivity index (χ2n) is 7.90. The van der Waals surface area contributed by atoms with Gasteiger partial charge >= 0.3 is 0 Å². The molecule has 0 aliphatic carbocycles. The molecule has 0 saturated heterocycles. The standard InChI is InChI=1S/C24H34O9/c1-31-21-10-15(4-6-19(21)28)9-17(7-8-25)20(29)13-18(27)5-3-16-11-22(32-2)24(30)23(12-16)33-14-26/h4,6,10-12,17-18,20,25-30H,3,5,7-9,13-14H2,1-2H3. The summed E-state index contributed by atoms with van der Waals surface area (Å²) in [7, 11) is 2.86. The topological polar surface area (TPSA) is 149 Å². The van der Waals surface area contributed by atoms with Gasteiger partial charge in [0.15, 0.2) is 29.8 Å². The van der Waals surface area contributed by atoms with Gasteiger partial charge in [0, 0.05) is 6.61 Å². The lowest BCUT2D eigenvalue weighted by molar-refractivity contribution is 0.0320. The molecule has 2 aromatic carbocycles. The van der Waals surface area contributed by atoms with E-state index in [-0.39, 0.29) is 41.9 Å². The van der Waals surface area contributed by atoms with Crippen LogP contribution in [-0.4, -0.2) is 70.5 Å². The number of aliphatic hydroxyl groups excluding tert-OH is 4. The van der Waals surface area contributed by atoms with Gasteiger partial charge in [-0.15, -0.1) is 0 Å². The quantitative estimate of drug-likeness (QED) is 0.229. The second kappa shape index (κ2) is 13.1. The molecule has 3 unspecified atom stereocenters. The number of hydrogen-bond acceptors (Lipinski definition) is 9. The van der Waals surface area contributed by atoms with Crippen LogP contribution in [0.25, 0.3) is 0 Å². The summed E-state index contributed by atoms with van der Waals surface area (Å²) in [5, 5.41) is 59.5. The third kappa shape index (κ3) is 7.68. The van der Waals surface area contributed by atoms with E-state index >= 15 is 0 Å². The minimum Gasteiger partial charge on any atom is -0.504 e. The number of benzene rings is 2. The van der Waals surface area contributed by atoms with E-state index in [1.807, 2.05) is 0 Å². The molecule has 0 heterocycles. The number of phenols is 2. The third-order valence-electron chi connectivity index (χ3n) is 5.61. The van der Waals surface area contributed by atoms with E-state index in [9.17, 15) is 25.5 Å². The number of phenolic OH excluding ortho intramolecular Hbond substituents is 2. The van der Waals surface area contributed by atoms with E-state index in [0.717, 1.165) is 11.1 Å². The summed E-state index contributed by atoms with van der Waals surface area (Å²) >= 11 is 0. The summed E-state index contributed by atoms with van der Waals surface area (Å²) in [6.45, 7) is -0.706. The van der Waals surface area contributed by atoms with Gasteiger partial charge in [0.2, 0.25) is 5.75 Å². The van der Waals surface area contributed by atoms with Crippen LogP contribution in [0.1, 0.15) is 30.4 Å². The summed E-state index contributed by atoms with van der Waals surface area (Å²) < 4.78 is 15.2. The molecule has 0 aliphatic rings. The van der Waals surface area contributed by atoms with Crippen molar-refractivity contribution in [3.05, 3.63) is 41.5 Å². The molecule has 9 nitrogen and oxygen atoms in total. The van der Waals surface area contributed by atoms with Crippen LogP contribution < -0.4 is 14.2 Å². The van der Waals surface area contributed by atoms with E-state index in [0.29, 0.717) is 31.4 Å². The van der Waals surface area contributed by atoms with E-state index in [4.69, 9.17) is 19.3 Å². The van der Waals surface area contributed by atoms with E-state index in [2.05, 4.69) is 0 Å². The normalized spacial score (nSPS) is 13.9. The molecule has 3 atom stereocenters. The lowest BCUT2D eigenvalue weighted by atomic mass is 9.87. The Morgan fingerprint density at radius 3 is 2.15 bits per heavy atom. The molecule has 0 amide bonds. The van der Waals surface area contributed by atoms with Crippen molar-refractivity contribution in [1.29, 1.82) is 0 Å². The molecule has 2 aromatic rings. The zero-order chi connectivity index (χ0) is 24.4. The van der Waals surface area contributed by atoms with Gasteiger partial charge in [-0.05, 0) is 73.4 Å². The minimum absolute atomic E-state index is 0.0225. The number of hydrogen-bond donors (Lipinski definition) is 6. The molecule has 0 radical (unpaired) electrons. The molecule has 0 aliphatic heterocycles. The molecule has 33 heavy (non-hydrogen) atoms. The first kappa shape index (κ1) is 26.5. The van der Waals surface area contributed by atoms with Crippen molar-refractivity contribution in [2.24, 2.45) is 5.92 Å². The highest BCUT2D eigenvalue weighted by Gasteiger charge is 2.23.